The van der Waals surface area contributed by atoms with Gasteiger partial charge in [0.05, 0.1) is 17.1 Å². The molecule has 0 fully saturated rings. The molecule has 6 nitrogen and oxygen atoms in total. The van der Waals surface area contributed by atoms with Crippen LogP contribution in [-0.4, -0.2) is 42.4 Å². The summed E-state index contributed by atoms with van der Waals surface area (Å²) >= 11 is 1.42. The Bertz CT molecular complexity index is 1420. The molecule has 1 aliphatic heterocycles. The summed E-state index contributed by atoms with van der Waals surface area (Å²) in [4.78, 5) is 28.2. The Morgan fingerprint density at radius 2 is 1.88 bits per heavy atom. The van der Waals surface area contributed by atoms with E-state index in [0.29, 0.717) is 41.5 Å². The summed E-state index contributed by atoms with van der Waals surface area (Å²) in [5.41, 5.74) is 3.09. The number of carbonyl (C=O) groups excluding carboxylic acids is 2. The van der Waals surface area contributed by atoms with Crippen LogP contribution in [0.4, 0.5) is 8.63 Å². The fourth-order valence-corrected chi connectivity index (χ4v) is 4.85. The first-order chi connectivity index (χ1) is 19.4. The molecular weight excluding hydrogens is 531 g/mol. The van der Waals surface area contributed by atoms with Crippen molar-refractivity contribution in [1.82, 2.24) is 9.79 Å². The number of aromatic nitrogens is 1. The van der Waals surface area contributed by atoms with Crippen molar-refractivity contribution in [3.63, 3.8) is 0 Å². The van der Waals surface area contributed by atoms with Gasteiger partial charge in [-0.2, -0.15) is 0 Å². The second-order valence-electron chi connectivity index (χ2n) is 9.26. The minimum Gasteiger partial charge on any atom is -0.484 e. The number of rotatable bonds is 14. The van der Waals surface area contributed by atoms with E-state index in [1.807, 2.05) is 47.9 Å². The summed E-state index contributed by atoms with van der Waals surface area (Å²) in [6.07, 6.45) is 12.2. The fourth-order valence-electron chi connectivity index (χ4n) is 4.10. The zero-order chi connectivity index (χ0) is 28.3. The summed E-state index contributed by atoms with van der Waals surface area (Å²) in [5.74, 6) is 0.588. The molecule has 40 heavy (non-hydrogen) atoms. The van der Waals surface area contributed by atoms with Gasteiger partial charge in [-0.05, 0) is 85.3 Å². The fraction of sp³-hybridized carbons (Fsp3) is 0.233. The normalized spacial score (nSPS) is 13.7. The summed E-state index contributed by atoms with van der Waals surface area (Å²) in [6, 6.07) is 14.4. The Labute approximate surface area is 237 Å². The van der Waals surface area contributed by atoms with Crippen LogP contribution in [0.3, 0.4) is 0 Å². The van der Waals surface area contributed by atoms with Gasteiger partial charge in [0.15, 0.2) is 6.61 Å². The summed E-state index contributed by atoms with van der Waals surface area (Å²) in [6.45, 7) is 2.08. The number of carbonyl (C=O) groups is 2. The number of ketones is 1. The first-order valence-electron chi connectivity index (χ1n) is 13.1. The number of benzene rings is 1. The third-order valence-electron chi connectivity index (χ3n) is 6.12. The molecule has 0 radical (unpaired) electrons. The third kappa shape index (κ3) is 8.48. The van der Waals surface area contributed by atoms with Gasteiger partial charge in [-0.1, -0.05) is 30.7 Å². The molecule has 0 saturated heterocycles. The molecule has 206 valence electrons. The van der Waals surface area contributed by atoms with Crippen LogP contribution < -0.4 is 10.1 Å². The van der Waals surface area contributed by atoms with Gasteiger partial charge in [-0.15, -0.1) is 11.3 Å². The van der Waals surface area contributed by atoms with Crippen LogP contribution in [0.15, 0.2) is 82.8 Å². The van der Waals surface area contributed by atoms with E-state index in [9.17, 15) is 18.2 Å². The second-order valence-corrected chi connectivity index (χ2v) is 10.2. The predicted molar refractivity (Wildman–Crippen MR) is 159 cm³/mol. The van der Waals surface area contributed by atoms with Gasteiger partial charge >= 0.3 is 7.40 Å². The van der Waals surface area contributed by atoms with E-state index in [0.717, 1.165) is 34.2 Å². The molecule has 0 atom stereocenters. The van der Waals surface area contributed by atoms with Crippen LogP contribution in [0.1, 0.15) is 43.9 Å². The highest BCUT2D eigenvalue weighted by Crippen LogP contribution is 2.29. The van der Waals surface area contributed by atoms with Gasteiger partial charge < -0.3 is 19.3 Å². The van der Waals surface area contributed by atoms with E-state index in [2.05, 4.69) is 10.3 Å². The van der Waals surface area contributed by atoms with Crippen LogP contribution in [0.5, 0.6) is 5.75 Å². The van der Waals surface area contributed by atoms with E-state index in [4.69, 9.17) is 4.74 Å². The van der Waals surface area contributed by atoms with Crippen LogP contribution >= 0.6 is 11.3 Å². The standard InChI is InChI=1S/C30H30BF2N3O3S/c1-22(37)6-3-2-4-18-34-30(38)21-39-27-15-9-23(10-16-27)8-11-24-12-13-25(35-24)20-26-14-17-28(36(26)31(32)33)29-7-5-19-40-29/h5,7-17,19-20H,2-4,6,18,21H2,1H3,(H,34,38)/b11-8+,25-20-. The van der Waals surface area contributed by atoms with Crippen molar-refractivity contribution in [3.8, 4) is 16.3 Å². The van der Waals surface area contributed by atoms with Crippen molar-refractivity contribution >= 4 is 48.3 Å². The number of allylic oxidation sites excluding steroid dienone is 3. The van der Waals surface area contributed by atoms with Crippen molar-refractivity contribution < 1.29 is 23.0 Å². The highest BCUT2D eigenvalue weighted by molar-refractivity contribution is 7.13. The predicted octanol–water partition coefficient (Wildman–Crippen LogP) is 6.70. The maximum absolute atomic E-state index is 13.8. The molecule has 0 aliphatic carbocycles. The number of ether oxygens (including phenoxy) is 1. The minimum absolute atomic E-state index is 0.0664. The van der Waals surface area contributed by atoms with Crippen LogP contribution in [0.25, 0.3) is 22.7 Å². The number of hydrogen-bond donors (Lipinski definition) is 1. The first-order valence-corrected chi connectivity index (χ1v) is 14.0. The van der Waals surface area contributed by atoms with Gasteiger partial charge in [0.2, 0.25) is 0 Å². The van der Waals surface area contributed by atoms with Gasteiger partial charge in [-0.3, -0.25) is 13.4 Å². The molecule has 4 rings (SSSR count). The van der Waals surface area contributed by atoms with Crippen molar-refractivity contribution in [1.29, 1.82) is 0 Å². The largest absolute Gasteiger partial charge is 0.678 e. The van der Waals surface area contributed by atoms with E-state index < -0.39 is 7.40 Å². The second kappa shape index (κ2) is 14.4. The van der Waals surface area contributed by atoms with Crippen molar-refractivity contribution in [2.75, 3.05) is 13.2 Å². The van der Waals surface area contributed by atoms with Crippen molar-refractivity contribution in [2.45, 2.75) is 32.6 Å². The Hall–Kier alpha value is -4.05. The topological polar surface area (TPSA) is 72.7 Å². The summed E-state index contributed by atoms with van der Waals surface area (Å²) < 4.78 is 34.2. The summed E-state index contributed by atoms with van der Waals surface area (Å²) in [7, 11) is -2.66. The van der Waals surface area contributed by atoms with Crippen LogP contribution in [-0.2, 0) is 9.59 Å². The number of halogens is 2. The third-order valence-corrected chi connectivity index (χ3v) is 7.01. The molecule has 0 bridgehead atoms. The molecular formula is C30H30BF2N3O3S. The Kier molecular flexibility index (Phi) is 10.4. The lowest BCUT2D eigenvalue weighted by molar-refractivity contribution is -0.123. The minimum atomic E-state index is -2.66. The van der Waals surface area contributed by atoms with Crippen LogP contribution in [0, 0.1) is 0 Å². The molecule has 1 amide bonds. The number of hydrogen-bond acceptors (Lipinski definition) is 5. The molecule has 1 aromatic carbocycles. The van der Waals surface area contributed by atoms with E-state index in [1.165, 1.54) is 11.3 Å². The zero-order valence-electron chi connectivity index (χ0n) is 22.2. The molecule has 0 saturated carbocycles. The number of amides is 1. The lowest BCUT2D eigenvalue weighted by Crippen LogP contribution is -2.29. The zero-order valence-corrected chi connectivity index (χ0v) is 23.0. The molecule has 0 spiro atoms. The number of aliphatic imine (C=N–C) groups is 1. The van der Waals surface area contributed by atoms with Crippen molar-refractivity contribution in [2.24, 2.45) is 4.99 Å². The number of nitrogens with zero attached hydrogens (tertiary/aromatic N) is 2. The van der Waals surface area contributed by atoms with Gasteiger partial charge in [0, 0.05) is 23.5 Å². The average Bonchev–Trinajstić information content (AvgIpc) is 3.70. The Morgan fingerprint density at radius 1 is 1.05 bits per heavy atom. The van der Waals surface area contributed by atoms with E-state index >= 15 is 0 Å². The smallest absolute Gasteiger partial charge is 0.484 e. The lowest BCUT2D eigenvalue weighted by Gasteiger charge is -2.07. The molecule has 1 aliphatic rings. The lowest BCUT2D eigenvalue weighted by atomic mass is 10.1. The molecule has 10 heteroatoms. The van der Waals surface area contributed by atoms with Crippen LogP contribution in [0.2, 0.25) is 0 Å². The molecule has 0 unspecified atom stereocenters. The van der Waals surface area contributed by atoms with E-state index in [1.54, 1.807) is 43.3 Å². The van der Waals surface area contributed by atoms with Gasteiger partial charge in [0.25, 0.3) is 5.91 Å². The van der Waals surface area contributed by atoms with Crippen molar-refractivity contribution in [3.05, 3.63) is 89.1 Å². The Balaban J connectivity index is 1.26. The molecule has 2 aromatic heterocycles. The highest BCUT2D eigenvalue weighted by atomic mass is 32.1. The number of Topliss-reactive ketones (excluding diaryl/α,β-unsaturated/α-hetero) is 1. The van der Waals surface area contributed by atoms with Gasteiger partial charge in [-0.25, -0.2) is 4.99 Å². The summed E-state index contributed by atoms with van der Waals surface area (Å²) in [5, 5.41) is 4.68. The highest BCUT2D eigenvalue weighted by Gasteiger charge is 2.24. The maximum Gasteiger partial charge on any atom is 0.678 e. The average molecular weight is 561 g/mol. The number of thiophene rings is 1. The number of nitrogens with one attached hydrogen (secondary N) is 1. The monoisotopic (exact) mass is 561 g/mol. The maximum atomic E-state index is 13.8. The molecule has 1 N–H and O–H groups in total. The molecule has 3 heterocycles. The van der Waals surface area contributed by atoms with E-state index in [-0.39, 0.29) is 18.3 Å². The number of unbranched alkanes of at least 4 members (excludes halogenated alkanes) is 2. The first kappa shape index (κ1) is 29.0. The molecule has 3 aromatic rings. The van der Waals surface area contributed by atoms with Gasteiger partial charge in [0.1, 0.15) is 11.5 Å². The SMILES string of the molecule is CC(=O)CCCCCNC(=O)COc1ccc(/C=C/C2=NC(=C\c3ccc(-c4cccs4)n3B(F)F)/C=C2)cc1. The Morgan fingerprint density at radius 3 is 2.60 bits per heavy atom. The quantitative estimate of drug-likeness (QED) is 0.176.